The molecule has 8 heteroatoms. The molecule has 3 rings (SSSR count). The van der Waals surface area contributed by atoms with Crippen LogP contribution in [-0.4, -0.2) is 30.7 Å². The Balaban J connectivity index is 1.88. The van der Waals surface area contributed by atoms with Crippen molar-refractivity contribution in [3.63, 3.8) is 0 Å². The summed E-state index contributed by atoms with van der Waals surface area (Å²) in [6.07, 6.45) is 0.661. The number of hydrogen-bond acceptors (Lipinski definition) is 4. The largest absolute Gasteiger partial charge is 0.312 e. The zero-order chi connectivity index (χ0) is 19.2. The fourth-order valence-corrected chi connectivity index (χ4v) is 4.91. The van der Waals surface area contributed by atoms with Crippen molar-refractivity contribution in [2.75, 3.05) is 11.4 Å². The number of aryl methyl sites for hydroxylation is 2. The summed E-state index contributed by atoms with van der Waals surface area (Å²) in [6, 6.07) is 4.54. The highest BCUT2D eigenvalue weighted by molar-refractivity contribution is 7.89. The van der Waals surface area contributed by atoms with Crippen molar-refractivity contribution in [3.8, 4) is 0 Å². The molecule has 1 N–H and O–H groups in total. The van der Waals surface area contributed by atoms with Gasteiger partial charge in [-0.1, -0.05) is 0 Å². The van der Waals surface area contributed by atoms with Gasteiger partial charge in [0.25, 0.3) is 0 Å². The second-order valence-electron chi connectivity index (χ2n) is 6.76. The molecule has 140 valence electrons. The highest BCUT2D eigenvalue weighted by Gasteiger charge is 2.27. The Labute approximate surface area is 154 Å². The number of carbonyl (C=O) groups excluding carboxylic acids is 1. The predicted molar refractivity (Wildman–Crippen MR) is 99.6 cm³/mol. The lowest BCUT2D eigenvalue weighted by Crippen LogP contribution is -2.28. The van der Waals surface area contributed by atoms with Crippen LogP contribution in [0.5, 0.6) is 0 Å². The lowest BCUT2D eigenvalue weighted by Gasteiger charge is -2.17. The van der Waals surface area contributed by atoms with Gasteiger partial charge in [0.2, 0.25) is 15.9 Å². The lowest BCUT2D eigenvalue weighted by molar-refractivity contribution is -0.116. The number of rotatable bonds is 4. The van der Waals surface area contributed by atoms with Gasteiger partial charge in [0.05, 0.1) is 10.6 Å². The summed E-state index contributed by atoms with van der Waals surface area (Å²) >= 11 is 0. The molecular formula is C18H24N4O3S. The van der Waals surface area contributed by atoms with Crippen LogP contribution < -0.4 is 9.62 Å². The molecule has 26 heavy (non-hydrogen) atoms. The molecule has 1 aliphatic heterocycles. The molecule has 1 aromatic carbocycles. The highest BCUT2D eigenvalue weighted by atomic mass is 32.2. The normalized spacial score (nSPS) is 15.2. The zero-order valence-corrected chi connectivity index (χ0v) is 16.5. The maximum atomic E-state index is 12.8. The third-order valence-electron chi connectivity index (χ3n) is 4.97. The van der Waals surface area contributed by atoms with E-state index in [4.69, 9.17) is 0 Å². The van der Waals surface area contributed by atoms with Crippen LogP contribution in [0.1, 0.15) is 42.4 Å². The first-order valence-electron chi connectivity index (χ1n) is 8.55. The van der Waals surface area contributed by atoms with Crippen LogP contribution in [0.25, 0.3) is 0 Å². The van der Waals surface area contributed by atoms with Gasteiger partial charge in [-0.15, -0.1) is 0 Å². The van der Waals surface area contributed by atoms with E-state index in [-0.39, 0.29) is 10.8 Å². The maximum absolute atomic E-state index is 12.8. The Kier molecular flexibility index (Phi) is 4.66. The number of fused-ring (bicyclic) bond motifs is 1. The van der Waals surface area contributed by atoms with Crippen molar-refractivity contribution in [1.82, 2.24) is 14.5 Å². The molecule has 0 bridgehead atoms. The number of sulfonamides is 1. The van der Waals surface area contributed by atoms with E-state index in [0.717, 1.165) is 28.2 Å². The molecular weight excluding hydrogens is 352 g/mol. The van der Waals surface area contributed by atoms with Crippen LogP contribution in [0.3, 0.4) is 0 Å². The molecule has 7 nitrogen and oxygen atoms in total. The molecule has 1 amide bonds. The molecule has 1 atom stereocenters. The fourth-order valence-electron chi connectivity index (χ4n) is 3.65. The van der Waals surface area contributed by atoms with E-state index in [1.165, 1.54) is 6.92 Å². The number of aromatic nitrogens is 2. The number of nitrogens with one attached hydrogen (secondary N) is 1. The van der Waals surface area contributed by atoms with Crippen molar-refractivity contribution in [2.24, 2.45) is 7.05 Å². The summed E-state index contributed by atoms with van der Waals surface area (Å²) in [5.41, 5.74) is 4.31. The van der Waals surface area contributed by atoms with Crippen LogP contribution >= 0.6 is 0 Å². The summed E-state index contributed by atoms with van der Waals surface area (Å²) in [7, 11) is -1.84. The SMILES string of the molecule is CC(=O)N1CCc2cc(S(=O)(=O)N[C@H](C)c3c(C)nn(C)c3C)ccc21. The third kappa shape index (κ3) is 3.14. The summed E-state index contributed by atoms with van der Waals surface area (Å²) in [5.74, 6) is -0.0337. The average molecular weight is 376 g/mol. The molecule has 2 aromatic rings. The van der Waals surface area contributed by atoms with E-state index in [0.29, 0.717) is 13.0 Å². The van der Waals surface area contributed by atoms with E-state index in [9.17, 15) is 13.2 Å². The van der Waals surface area contributed by atoms with Gasteiger partial charge in [0, 0.05) is 43.5 Å². The summed E-state index contributed by atoms with van der Waals surface area (Å²) in [5, 5.41) is 4.35. The number of hydrogen-bond donors (Lipinski definition) is 1. The van der Waals surface area contributed by atoms with Crippen molar-refractivity contribution in [1.29, 1.82) is 0 Å². The van der Waals surface area contributed by atoms with Gasteiger partial charge in [0.15, 0.2) is 0 Å². The lowest BCUT2D eigenvalue weighted by atomic mass is 10.1. The molecule has 0 saturated heterocycles. The predicted octanol–water partition coefficient (Wildman–Crippen LogP) is 1.99. The topological polar surface area (TPSA) is 84.3 Å². The molecule has 2 heterocycles. The van der Waals surface area contributed by atoms with Crippen molar-refractivity contribution in [3.05, 3.63) is 40.7 Å². The number of nitrogens with zero attached hydrogens (tertiary/aromatic N) is 3. The Morgan fingerprint density at radius 3 is 2.58 bits per heavy atom. The van der Waals surface area contributed by atoms with E-state index >= 15 is 0 Å². The van der Waals surface area contributed by atoms with Crippen molar-refractivity contribution >= 4 is 21.6 Å². The van der Waals surface area contributed by atoms with Gasteiger partial charge in [-0.2, -0.15) is 5.10 Å². The minimum Gasteiger partial charge on any atom is -0.312 e. The van der Waals surface area contributed by atoms with Gasteiger partial charge >= 0.3 is 0 Å². The van der Waals surface area contributed by atoms with Gasteiger partial charge in [-0.3, -0.25) is 9.48 Å². The standard InChI is InChI=1S/C18H24N4O3S/c1-11-18(13(3)21(5)19-11)12(2)20-26(24,25)16-6-7-17-15(10-16)8-9-22(17)14(4)23/h6-7,10,12,20H,8-9H2,1-5H3/t12-/m1/s1. The number of carbonyl (C=O) groups is 1. The number of anilines is 1. The first-order valence-corrected chi connectivity index (χ1v) is 10.0. The summed E-state index contributed by atoms with van der Waals surface area (Å²) in [6.45, 7) is 7.72. The molecule has 0 saturated carbocycles. The van der Waals surface area contributed by atoms with Crippen LogP contribution in [-0.2, 0) is 28.3 Å². The minimum absolute atomic E-state index is 0.0337. The molecule has 0 fully saturated rings. The first-order chi connectivity index (χ1) is 12.1. The second kappa shape index (κ2) is 6.51. The van der Waals surface area contributed by atoms with Gasteiger partial charge in [0.1, 0.15) is 0 Å². The molecule has 1 aliphatic rings. The minimum atomic E-state index is -3.68. The molecule has 0 unspecified atom stereocenters. The summed E-state index contributed by atoms with van der Waals surface area (Å²) < 4.78 is 30.2. The van der Waals surface area contributed by atoms with E-state index < -0.39 is 16.1 Å². The third-order valence-corrected chi connectivity index (χ3v) is 6.51. The molecule has 1 aromatic heterocycles. The van der Waals surface area contributed by atoms with E-state index in [2.05, 4.69) is 9.82 Å². The smallest absolute Gasteiger partial charge is 0.241 e. The maximum Gasteiger partial charge on any atom is 0.241 e. The molecule has 0 radical (unpaired) electrons. The Morgan fingerprint density at radius 2 is 2.00 bits per heavy atom. The van der Waals surface area contributed by atoms with Gasteiger partial charge in [-0.25, -0.2) is 13.1 Å². The summed E-state index contributed by atoms with van der Waals surface area (Å²) in [4.78, 5) is 13.5. The number of benzene rings is 1. The van der Waals surface area contributed by atoms with Crippen LogP contribution in [0.15, 0.2) is 23.1 Å². The fraction of sp³-hybridized carbons (Fsp3) is 0.444. The monoisotopic (exact) mass is 376 g/mol. The van der Waals surface area contributed by atoms with Crippen LogP contribution in [0.4, 0.5) is 5.69 Å². The van der Waals surface area contributed by atoms with Gasteiger partial charge in [-0.05, 0) is 51.0 Å². The van der Waals surface area contributed by atoms with Crippen molar-refractivity contribution in [2.45, 2.75) is 45.1 Å². The quantitative estimate of drug-likeness (QED) is 0.884. The van der Waals surface area contributed by atoms with E-state index in [1.807, 2.05) is 27.8 Å². The van der Waals surface area contributed by atoms with E-state index in [1.54, 1.807) is 27.8 Å². The van der Waals surface area contributed by atoms with Gasteiger partial charge < -0.3 is 4.90 Å². The molecule has 0 spiro atoms. The van der Waals surface area contributed by atoms with Crippen LogP contribution in [0.2, 0.25) is 0 Å². The highest BCUT2D eigenvalue weighted by Crippen LogP contribution is 2.31. The Morgan fingerprint density at radius 1 is 1.31 bits per heavy atom. The van der Waals surface area contributed by atoms with Crippen LogP contribution in [0, 0.1) is 13.8 Å². The molecule has 0 aliphatic carbocycles. The number of amides is 1. The Bertz CT molecular complexity index is 979. The first kappa shape index (κ1) is 18.6. The van der Waals surface area contributed by atoms with Crippen molar-refractivity contribution < 1.29 is 13.2 Å². The average Bonchev–Trinajstić information content (AvgIpc) is 3.07. The zero-order valence-electron chi connectivity index (χ0n) is 15.7. The second-order valence-corrected chi connectivity index (χ2v) is 8.48. The Hall–Kier alpha value is -2.19.